The average Bonchev–Trinajstić information content (AvgIpc) is 2.78. The number of rotatable bonds is 3. The third kappa shape index (κ3) is 3.11. The van der Waals surface area contributed by atoms with Crippen LogP contribution in [0, 0.1) is 5.92 Å². The number of anilines is 1. The highest BCUT2D eigenvalue weighted by Gasteiger charge is 2.34. The summed E-state index contributed by atoms with van der Waals surface area (Å²) in [6.07, 6.45) is 1.87. The van der Waals surface area contributed by atoms with Crippen LogP contribution in [0.2, 0.25) is 0 Å². The van der Waals surface area contributed by atoms with Crippen molar-refractivity contribution in [2.45, 2.75) is 6.42 Å². The smallest absolute Gasteiger partial charge is 0.232 e. The van der Waals surface area contributed by atoms with Crippen molar-refractivity contribution in [1.82, 2.24) is 4.98 Å². The highest BCUT2D eigenvalue weighted by atomic mass is 79.9. The molecule has 1 unspecified atom stereocenters. The lowest BCUT2D eigenvalue weighted by Gasteiger charge is -2.19. The molecule has 1 aromatic carbocycles. The average molecular weight is 404 g/mol. The van der Waals surface area contributed by atoms with Crippen LogP contribution < -0.4 is 4.90 Å². The van der Waals surface area contributed by atoms with Crippen molar-refractivity contribution in [2.75, 3.05) is 17.2 Å². The van der Waals surface area contributed by atoms with Crippen molar-refractivity contribution in [2.24, 2.45) is 5.92 Å². The normalized spacial score (nSPS) is 19.1. The zero-order valence-electron chi connectivity index (χ0n) is 11.4. The molecule has 1 aliphatic rings. The summed E-state index contributed by atoms with van der Waals surface area (Å²) in [5.41, 5.74) is 1.51. The van der Waals surface area contributed by atoms with Gasteiger partial charge in [-0.05, 0) is 40.2 Å². The second-order valence-corrected chi connectivity index (χ2v) is 8.92. The SMILES string of the molecule is O=C1CC(CS(=O)(=O)Cl)CN1c1ccc(Br)c2ncccc12. The van der Waals surface area contributed by atoms with Crippen LogP contribution in [-0.4, -0.2) is 31.6 Å². The Morgan fingerprint density at radius 1 is 1.36 bits per heavy atom. The first-order chi connectivity index (χ1) is 10.3. The Kier molecular flexibility index (Phi) is 4.13. The summed E-state index contributed by atoms with van der Waals surface area (Å²) in [7, 11) is 1.68. The van der Waals surface area contributed by atoms with Crippen molar-refractivity contribution in [3.05, 3.63) is 34.9 Å². The van der Waals surface area contributed by atoms with Crippen LogP contribution in [0.3, 0.4) is 0 Å². The molecule has 0 aliphatic carbocycles. The summed E-state index contributed by atoms with van der Waals surface area (Å²) in [4.78, 5) is 18.2. The first kappa shape index (κ1) is 15.7. The van der Waals surface area contributed by atoms with Gasteiger partial charge >= 0.3 is 0 Å². The molecule has 22 heavy (non-hydrogen) atoms. The topological polar surface area (TPSA) is 67.3 Å². The van der Waals surface area contributed by atoms with Crippen LogP contribution in [0.15, 0.2) is 34.9 Å². The van der Waals surface area contributed by atoms with E-state index in [0.29, 0.717) is 6.54 Å². The molecule has 5 nitrogen and oxygen atoms in total. The van der Waals surface area contributed by atoms with E-state index in [1.165, 1.54) is 0 Å². The number of halogens is 2. The van der Waals surface area contributed by atoms with Crippen molar-refractivity contribution in [3.63, 3.8) is 0 Å². The van der Waals surface area contributed by atoms with E-state index in [9.17, 15) is 13.2 Å². The molecule has 1 amide bonds. The molecule has 3 rings (SSSR count). The second kappa shape index (κ2) is 5.79. The number of benzene rings is 1. The monoisotopic (exact) mass is 402 g/mol. The van der Waals surface area contributed by atoms with Gasteiger partial charge in [0.1, 0.15) is 0 Å². The molecule has 0 N–H and O–H groups in total. The van der Waals surface area contributed by atoms with E-state index in [1.807, 2.05) is 18.2 Å². The van der Waals surface area contributed by atoms with E-state index >= 15 is 0 Å². The highest BCUT2D eigenvalue weighted by molar-refractivity contribution is 9.10. The van der Waals surface area contributed by atoms with Crippen LogP contribution in [0.5, 0.6) is 0 Å². The van der Waals surface area contributed by atoms with Gasteiger partial charge in [-0.1, -0.05) is 0 Å². The maximum absolute atomic E-state index is 12.3. The van der Waals surface area contributed by atoms with Gasteiger partial charge in [0, 0.05) is 45.6 Å². The van der Waals surface area contributed by atoms with Gasteiger partial charge in [-0.3, -0.25) is 9.78 Å². The molecular formula is C14H12BrClN2O3S. The summed E-state index contributed by atoms with van der Waals surface area (Å²) < 4.78 is 23.3. The first-order valence-corrected chi connectivity index (χ1v) is 9.88. The zero-order valence-corrected chi connectivity index (χ0v) is 14.5. The van der Waals surface area contributed by atoms with Crippen molar-refractivity contribution >= 4 is 58.2 Å². The van der Waals surface area contributed by atoms with E-state index in [-0.39, 0.29) is 24.0 Å². The van der Waals surface area contributed by atoms with E-state index < -0.39 is 9.05 Å². The summed E-state index contributed by atoms with van der Waals surface area (Å²) in [6, 6.07) is 7.37. The number of nitrogens with zero attached hydrogens (tertiary/aromatic N) is 2. The highest BCUT2D eigenvalue weighted by Crippen LogP contribution is 2.34. The number of aromatic nitrogens is 1. The fourth-order valence-electron chi connectivity index (χ4n) is 2.77. The first-order valence-electron chi connectivity index (χ1n) is 6.61. The van der Waals surface area contributed by atoms with Gasteiger partial charge < -0.3 is 4.90 Å². The molecule has 2 aromatic rings. The van der Waals surface area contributed by atoms with Crippen LogP contribution in [0.25, 0.3) is 10.9 Å². The molecule has 1 aliphatic heterocycles. The van der Waals surface area contributed by atoms with Crippen molar-refractivity contribution < 1.29 is 13.2 Å². The van der Waals surface area contributed by atoms with Gasteiger partial charge in [0.15, 0.2) is 0 Å². The molecule has 1 saturated heterocycles. The molecule has 0 spiro atoms. The lowest BCUT2D eigenvalue weighted by atomic mass is 10.1. The Morgan fingerprint density at radius 2 is 2.14 bits per heavy atom. The quantitative estimate of drug-likeness (QED) is 0.739. The number of carbonyl (C=O) groups excluding carboxylic acids is 1. The molecule has 1 fully saturated rings. The minimum Gasteiger partial charge on any atom is -0.311 e. The van der Waals surface area contributed by atoms with Gasteiger partial charge in [0.05, 0.1) is 17.0 Å². The maximum Gasteiger partial charge on any atom is 0.232 e. The summed E-state index contributed by atoms with van der Waals surface area (Å²) in [5.74, 6) is -0.577. The Labute approximate surface area is 140 Å². The zero-order chi connectivity index (χ0) is 15.9. The molecule has 0 radical (unpaired) electrons. The Balaban J connectivity index is 1.98. The van der Waals surface area contributed by atoms with Gasteiger partial charge in [-0.15, -0.1) is 0 Å². The second-order valence-electron chi connectivity index (χ2n) is 5.25. The number of carbonyl (C=O) groups is 1. The van der Waals surface area contributed by atoms with Crippen LogP contribution in [-0.2, 0) is 13.8 Å². The Morgan fingerprint density at radius 3 is 2.86 bits per heavy atom. The van der Waals surface area contributed by atoms with E-state index in [4.69, 9.17) is 10.7 Å². The number of hydrogen-bond acceptors (Lipinski definition) is 4. The van der Waals surface area contributed by atoms with E-state index in [0.717, 1.165) is 21.1 Å². The molecule has 1 aromatic heterocycles. The number of hydrogen-bond donors (Lipinski definition) is 0. The fraction of sp³-hybridized carbons (Fsp3) is 0.286. The number of pyridine rings is 1. The van der Waals surface area contributed by atoms with Gasteiger partial charge in [-0.2, -0.15) is 0 Å². The predicted octanol–water partition coefficient (Wildman–Crippen LogP) is 2.92. The van der Waals surface area contributed by atoms with Gasteiger partial charge in [-0.25, -0.2) is 8.42 Å². The summed E-state index contributed by atoms with van der Waals surface area (Å²) in [6.45, 7) is 0.344. The van der Waals surface area contributed by atoms with Crippen molar-refractivity contribution in [3.8, 4) is 0 Å². The van der Waals surface area contributed by atoms with Crippen LogP contribution >= 0.6 is 26.6 Å². The van der Waals surface area contributed by atoms with Gasteiger partial charge in [0.25, 0.3) is 0 Å². The Bertz CT molecular complexity index is 856. The number of amides is 1. The molecule has 0 bridgehead atoms. The predicted molar refractivity (Wildman–Crippen MR) is 89.5 cm³/mol. The third-order valence-corrected chi connectivity index (χ3v) is 5.52. The lowest BCUT2D eigenvalue weighted by molar-refractivity contribution is -0.117. The Hall–Kier alpha value is -1.18. The molecule has 1 atom stereocenters. The fourth-order valence-corrected chi connectivity index (χ4v) is 4.54. The number of fused-ring (bicyclic) bond motifs is 1. The lowest BCUT2D eigenvalue weighted by Crippen LogP contribution is -2.25. The van der Waals surface area contributed by atoms with Crippen LogP contribution in [0.1, 0.15) is 6.42 Å². The van der Waals surface area contributed by atoms with E-state index in [1.54, 1.807) is 17.2 Å². The molecule has 116 valence electrons. The van der Waals surface area contributed by atoms with Gasteiger partial charge in [0.2, 0.25) is 15.0 Å². The van der Waals surface area contributed by atoms with Crippen molar-refractivity contribution in [1.29, 1.82) is 0 Å². The molecular weight excluding hydrogens is 392 g/mol. The molecule has 0 saturated carbocycles. The summed E-state index contributed by atoms with van der Waals surface area (Å²) in [5, 5.41) is 0.847. The minimum atomic E-state index is -3.61. The molecule has 8 heteroatoms. The van der Waals surface area contributed by atoms with Crippen LogP contribution in [0.4, 0.5) is 5.69 Å². The minimum absolute atomic E-state index is 0.0993. The largest absolute Gasteiger partial charge is 0.311 e. The molecule has 2 heterocycles. The standard InChI is InChI=1S/C14H12BrClN2O3S/c15-11-3-4-12(10-2-1-5-17-14(10)11)18-7-9(6-13(18)19)8-22(16,20)21/h1-5,9H,6-8H2. The summed E-state index contributed by atoms with van der Waals surface area (Å²) >= 11 is 3.44. The third-order valence-electron chi connectivity index (χ3n) is 3.63. The maximum atomic E-state index is 12.3. The van der Waals surface area contributed by atoms with E-state index in [2.05, 4.69) is 20.9 Å².